The largest absolute Gasteiger partial charge is 0.396 e. The summed E-state index contributed by atoms with van der Waals surface area (Å²) in [6, 6.07) is 0. The van der Waals surface area contributed by atoms with E-state index in [-0.39, 0.29) is 18.1 Å². The fraction of sp³-hybridized carbons (Fsp3) is 1.00. The SMILES string of the molecule is CC1(C)CCCN1S(=O)(=O)N1CCCC(CO)C1. The van der Waals surface area contributed by atoms with Crippen molar-refractivity contribution in [2.24, 2.45) is 5.92 Å². The molecule has 2 aliphatic rings. The van der Waals surface area contributed by atoms with Crippen molar-refractivity contribution in [3.63, 3.8) is 0 Å². The maximum Gasteiger partial charge on any atom is 0.282 e. The number of hydrogen-bond acceptors (Lipinski definition) is 3. The van der Waals surface area contributed by atoms with Gasteiger partial charge in [0.1, 0.15) is 0 Å². The number of aliphatic hydroxyl groups is 1. The highest BCUT2D eigenvalue weighted by Crippen LogP contribution is 2.33. The van der Waals surface area contributed by atoms with Crippen LogP contribution in [0.5, 0.6) is 0 Å². The molecule has 0 aromatic carbocycles. The first kappa shape index (κ1) is 14.2. The highest BCUT2D eigenvalue weighted by molar-refractivity contribution is 7.86. The number of rotatable bonds is 3. The van der Waals surface area contributed by atoms with Gasteiger partial charge in [-0.25, -0.2) is 0 Å². The summed E-state index contributed by atoms with van der Waals surface area (Å²) in [4.78, 5) is 0. The Labute approximate surface area is 110 Å². The van der Waals surface area contributed by atoms with Gasteiger partial charge in [-0.3, -0.25) is 0 Å². The normalized spacial score (nSPS) is 30.7. The first-order chi connectivity index (χ1) is 8.38. The van der Waals surface area contributed by atoms with Crippen LogP contribution in [0, 0.1) is 5.92 Å². The Balaban J connectivity index is 2.15. The summed E-state index contributed by atoms with van der Waals surface area (Å²) in [6.07, 6.45) is 3.62. The third-order valence-electron chi connectivity index (χ3n) is 4.17. The average Bonchev–Trinajstić information content (AvgIpc) is 2.69. The molecule has 18 heavy (non-hydrogen) atoms. The number of nitrogens with zero attached hydrogens (tertiary/aromatic N) is 2. The van der Waals surface area contributed by atoms with Crippen molar-refractivity contribution in [3.8, 4) is 0 Å². The van der Waals surface area contributed by atoms with Crippen molar-refractivity contribution in [3.05, 3.63) is 0 Å². The van der Waals surface area contributed by atoms with E-state index in [4.69, 9.17) is 0 Å². The summed E-state index contributed by atoms with van der Waals surface area (Å²) in [5.41, 5.74) is -0.273. The lowest BCUT2D eigenvalue weighted by atomic mass is 10.0. The maximum absolute atomic E-state index is 12.6. The van der Waals surface area contributed by atoms with Crippen LogP contribution in [0.3, 0.4) is 0 Å². The summed E-state index contributed by atoms with van der Waals surface area (Å²) in [7, 11) is -3.36. The Kier molecular flexibility index (Phi) is 4.02. The van der Waals surface area contributed by atoms with Crippen molar-refractivity contribution < 1.29 is 13.5 Å². The van der Waals surface area contributed by atoms with Crippen LogP contribution in [0.2, 0.25) is 0 Å². The first-order valence-corrected chi connectivity index (χ1v) is 8.16. The average molecular weight is 276 g/mol. The molecular weight excluding hydrogens is 252 g/mol. The third kappa shape index (κ3) is 2.57. The van der Waals surface area contributed by atoms with E-state index in [1.54, 1.807) is 8.61 Å². The molecule has 0 aromatic heterocycles. The fourth-order valence-corrected chi connectivity index (χ4v) is 5.15. The zero-order chi connectivity index (χ0) is 13.4. The first-order valence-electron chi connectivity index (χ1n) is 6.77. The zero-order valence-corrected chi connectivity index (χ0v) is 12.1. The maximum atomic E-state index is 12.6. The van der Waals surface area contributed by atoms with E-state index in [0.717, 1.165) is 25.7 Å². The number of hydrogen-bond donors (Lipinski definition) is 1. The number of aliphatic hydroxyl groups excluding tert-OH is 1. The Morgan fingerprint density at radius 2 is 2.00 bits per heavy atom. The van der Waals surface area contributed by atoms with E-state index in [9.17, 15) is 13.5 Å². The Bertz CT molecular complexity index is 394. The van der Waals surface area contributed by atoms with Crippen LogP contribution in [-0.2, 0) is 10.2 Å². The van der Waals surface area contributed by atoms with Crippen LogP contribution in [0.1, 0.15) is 39.5 Å². The summed E-state index contributed by atoms with van der Waals surface area (Å²) in [5.74, 6) is 0.0965. The zero-order valence-electron chi connectivity index (χ0n) is 11.3. The van der Waals surface area contributed by atoms with Crippen LogP contribution in [0.4, 0.5) is 0 Å². The molecule has 106 valence electrons. The number of piperidine rings is 1. The fourth-order valence-electron chi connectivity index (χ4n) is 3.04. The molecule has 0 saturated carbocycles. The minimum absolute atomic E-state index is 0.0788. The molecule has 0 bridgehead atoms. The summed E-state index contributed by atoms with van der Waals surface area (Å²) >= 11 is 0. The molecule has 2 aliphatic heterocycles. The van der Waals surface area contributed by atoms with Crippen LogP contribution < -0.4 is 0 Å². The highest BCUT2D eigenvalue weighted by atomic mass is 32.2. The molecule has 0 aromatic rings. The second-order valence-electron chi connectivity index (χ2n) is 6.04. The van der Waals surface area contributed by atoms with Crippen molar-refractivity contribution in [2.75, 3.05) is 26.2 Å². The lowest BCUT2D eigenvalue weighted by Crippen LogP contribution is -2.52. The van der Waals surface area contributed by atoms with Crippen LogP contribution in [0.15, 0.2) is 0 Å². The van der Waals surface area contributed by atoms with Crippen molar-refractivity contribution in [2.45, 2.75) is 45.1 Å². The Hall–Kier alpha value is -0.170. The molecule has 2 saturated heterocycles. The predicted octanol–water partition coefficient (Wildman–Crippen LogP) is 0.810. The molecule has 6 heteroatoms. The molecule has 2 rings (SSSR count). The third-order valence-corrected chi connectivity index (χ3v) is 6.39. The highest BCUT2D eigenvalue weighted by Gasteiger charge is 2.43. The molecular formula is C12H24N2O3S. The Morgan fingerprint density at radius 3 is 2.56 bits per heavy atom. The molecule has 0 aliphatic carbocycles. The predicted molar refractivity (Wildman–Crippen MR) is 70.3 cm³/mol. The van der Waals surface area contributed by atoms with E-state index in [1.165, 1.54) is 0 Å². The van der Waals surface area contributed by atoms with Gasteiger partial charge >= 0.3 is 0 Å². The van der Waals surface area contributed by atoms with E-state index in [0.29, 0.717) is 19.6 Å². The summed E-state index contributed by atoms with van der Waals surface area (Å²) in [5, 5.41) is 9.21. The van der Waals surface area contributed by atoms with Gasteiger partial charge in [0.15, 0.2) is 0 Å². The minimum Gasteiger partial charge on any atom is -0.396 e. The minimum atomic E-state index is -3.36. The molecule has 0 amide bonds. The second kappa shape index (κ2) is 5.07. The smallest absolute Gasteiger partial charge is 0.282 e. The van der Waals surface area contributed by atoms with E-state index >= 15 is 0 Å². The molecule has 1 unspecified atom stereocenters. The van der Waals surface area contributed by atoms with Crippen molar-refractivity contribution in [1.82, 2.24) is 8.61 Å². The van der Waals surface area contributed by atoms with Gasteiger partial charge in [-0.2, -0.15) is 17.0 Å². The molecule has 0 spiro atoms. The second-order valence-corrected chi connectivity index (χ2v) is 7.90. The van der Waals surface area contributed by atoms with Crippen LogP contribution in [0.25, 0.3) is 0 Å². The Morgan fingerprint density at radius 1 is 1.28 bits per heavy atom. The molecule has 0 radical (unpaired) electrons. The molecule has 1 N–H and O–H groups in total. The van der Waals surface area contributed by atoms with Gasteiger partial charge < -0.3 is 5.11 Å². The van der Waals surface area contributed by atoms with E-state index < -0.39 is 10.2 Å². The van der Waals surface area contributed by atoms with Gasteiger partial charge in [-0.05, 0) is 45.4 Å². The van der Waals surface area contributed by atoms with E-state index in [1.807, 2.05) is 13.8 Å². The van der Waals surface area contributed by atoms with E-state index in [2.05, 4.69) is 0 Å². The van der Waals surface area contributed by atoms with Crippen LogP contribution >= 0.6 is 0 Å². The van der Waals surface area contributed by atoms with Gasteiger partial charge in [0.05, 0.1) is 0 Å². The summed E-state index contributed by atoms with van der Waals surface area (Å²) < 4.78 is 28.5. The summed E-state index contributed by atoms with van der Waals surface area (Å²) in [6.45, 7) is 5.73. The van der Waals surface area contributed by atoms with Crippen molar-refractivity contribution >= 4 is 10.2 Å². The molecule has 2 fully saturated rings. The van der Waals surface area contributed by atoms with Gasteiger partial charge in [-0.15, -0.1) is 0 Å². The van der Waals surface area contributed by atoms with Gasteiger partial charge in [0, 0.05) is 31.8 Å². The van der Waals surface area contributed by atoms with Gasteiger partial charge in [0.25, 0.3) is 10.2 Å². The lowest BCUT2D eigenvalue weighted by Gasteiger charge is -2.38. The monoisotopic (exact) mass is 276 g/mol. The molecule has 5 nitrogen and oxygen atoms in total. The molecule has 2 heterocycles. The molecule has 1 atom stereocenters. The quantitative estimate of drug-likeness (QED) is 0.830. The van der Waals surface area contributed by atoms with Crippen molar-refractivity contribution in [1.29, 1.82) is 0 Å². The topological polar surface area (TPSA) is 60.9 Å². The van der Waals surface area contributed by atoms with Gasteiger partial charge in [0.2, 0.25) is 0 Å². The van der Waals surface area contributed by atoms with Gasteiger partial charge in [-0.1, -0.05) is 0 Å². The van der Waals surface area contributed by atoms with Crippen LogP contribution in [-0.4, -0.2) is 53.9 Å². The standard InChI is InChI=1S/C12H24N2O3S/c1-12(2)6-4-8-14(12)18(16,17)13-7-3-5-11(9-13)10-15/h11,15H,3-10H2,1-2H3. The lowest BCUT2D eigenvalue weighted by molar-refractivity contribution is 0.156.